The van der Waals surface area contributed by atoms with Gasteiger partial charge in [-0.25, -0.2) is 0 Å². The normalized spacial score (nSPS) is 22.1. The highest BCUT2D eigenvalue weighted by molar-refractivity contribution is 5.62. The summed E-state index contributed by atoms with van der Waals surface area (Å²) in [4.78, 5) is 13.3. The molecular formula is C78H143N5. The molecule has 5 aliphatic heterocycles. The highest BCUT2D eigenvalue weighted by Gasteiger charge is 2.44. The lowest BCUT2D eigenvalue weighted by Gasteiger charge is -2.52. The summed E-state index contributed by atoms with van der Waals surface area (Å²) < 4.78 is 0. The lowest BCUT2D eigenvalue weighted by atomic mass is 9.77. The molecule has 5 heterocycles. The van der Waals surface area contributed by atoms with Crippen LogP contribution in [0, 0.1) is 27.1 Å². The molecule has 0 bridgehead atoms. The van der Waals surface area contributed by atoms with E-state index in [9.17, 15) is 0 Å². The molecule has 0 N–H and O–H groups in total. The first-order valence-electron chi connectivity index (χ1n) is 32.2. The first-order chi connectivity index (χ1) is 36.1. The maximum atomic E-state index is 2.70. The number of nitrogens with zero attached hydrogens (tertiary/aromatic N) is 5. The third kappa shape index (κ3) is 21.5. The second-order valence-electron chi connectivity index (χ2n) is 35.6. The van der Waals surface area contributed by atoms with Crippen molar-refractivity contribution in [2.45, 2.75) is 352 Å². The summed E-state index contributed by atoms with van der Waals surface area (Å²) >= 11 is 0. The smallest absolute Gasteiger partial charge is 0.0406 e. The van der Waals surface area contributed by atoms with Gasteiger partial charge in [-0.3, -0.25) is 14.7 Å². The summed E-state index contributed by atoms with van der Waals surface area (Å²) in [5.41, 5.74) is 12.0. The molecule has 0 amide bonds. The van der Waals surface area contributed by atoms with Crippen LogP contribution in [-0.4, -0.2) is 85.7 Å². The van der Waals surface area contributed by atoms with Crippen molar-refractivity contribution in [2.75, 3.05) is 22.9 Å². The SMILES string of the molecule is C.C.C.CC(C)(C)C1CCCCN1C(C)(C)C.CC(C)(C)C1CCCN1C(C)(C)C.CC(C)(C)C1CCc2ccccc2N1C(C)(C)C.CC(C)(C)C1Cc2ccccc2CN1C(C)(C)C.CC(C)(C)C1Cc2ccccc2N1C(C)(C)C. The number of benzene rings is 3. The minimum Gasteiger partial charge on any atom is -0.363 e. The van der Waals surface area contributed by atoms with Gasteiger partial charge < -0.3 is 9.80 Å². The molecular weight excluding hydrogens is 1010 g/mol. The van der Waals surface area contributed by atoms with Crippen LogP contribution >= 0.6 is 0 Å². The molecule has 3 aromatic carbocycles. The van der Waals surface area contributed by atoms with Crippen molar-refractivity contribution in [3.05, 3.63) is 95.1 Å². The molecule has 480 valence electrons. The number of anilines is 2. The number of fused-ring (bicyclic) bond motifs is 3. The summed E-state index contributed by atoms with van der Waals surface area (Å²) in [7, 11) is 0. The standard InChI is InChI=1S/2C17H27N.C16H25N.C13H27N.C12H25N.3CH4/c1-16(2,3)15-11-13-9-7-8-10-14(13)12-18(15)17(4,5)6;1-16(2,3)15-12-11-13-9-7-8-10-14(13)18(15)17(4,5)6;1-15(2,3)14-11-12-9-7-8-10-13(12)17(14)16(4,5)6;1-12(2,3)11-9-7-8-10-14(11)13(4,5)6;1-11(2,3)10-8-7-9-13(10)12(4,5)6;;;/h2*7-10,15H,11-12H2,1-6H3;7-10,14H,11H2,1-6H3;11H,7-10H2,1-6H3;10H,7-9H2,1-6H3;3*1H4. The third-order valence-electron chi connectivity index (χ3n) is 18.3. The summed E-state index contributed by atoms with van der Waals surface area (Å²) in [5, 5.41) is 0. The Morgan fingerprint density at radius 3 is 1.00 bits per heavy atom. The van der Waals surface area contributed by atoms with E-state index < -0.39 is 0 Å². The van der Waals surface area contributed by atoms with Crippen molar-refractivity contribution in [2.24, 2.45) is 27.1 Å². The van der Waals surface area contributed by atoms with E-state index in [-0.39, 0.29) is 38.9 Å². The predicted octanol–water partition coefficient (Wildman–Crippen LogP) is 22.1. The maximum absolute atomic E-state index is 2.70. The minimum absolute atomic E-state index is 0. The van der Waals surface area contributed by atoms with E-state index in [1.54, 1.807) is 0 Å². The van der Waals surface area contributed by atoms with Crippen molar-refractivity contribution in [3.63, 3.8) is 0 Å². The van der Waals surface area contributed by atoms with Crippen LogP contribution in [0.3, 0.4) is 0 Å². The van der Waals surface area contributed by atoms with Gasteiger partial charge in [0.2, 0.25) is 0 Å². The van der Waals surface area contributed by atoms with Crippen LogP contribution in [0.25, 0.3) is 0 Å². The van der Waals surface area contributed by atoms with Crippen molar-refractivity contribution < 1.29 is 0 Å². The summed E-state index contributed by atoms with van der Waals surface area (Å²) in [6.45, 7) is 74.1. The van der Waals surface area contributed by atoms with Gasteiger partial charge in [-0.2, -0.15) is 0 Å². The Bertz CT molecular complexity index is 2250. The maximum Gasteiger partial charge on any atom is 0.0406 e. The molecule has 3 aromatic rings. The molecule has 5 atom stereocenters. The van der Waals surface area contributed by atoms with Gasteiger partial charge in [0.15, 0.2) is 0 Å². The summed E-state index contributed by atoms with van der Waals surface area (Å²) in [6, 6.07) is 30.1. The number of hydrogen-bond acceptors (Lipinski definition) is 5. The Balaban J connectivity index is 0.000000517. The van der Waals surface area contributed by atoms with E-state index in [2.05, 4.69) is 305 Å². The highest BCUT2D eigenvalue weighted by atomic mass is 15.3. The van der Waals surface area contributed by atoms with E-state index in [0.29, 0.717) is 56.3 Å². The first kappa shape index (κ1) is 78.2. The number of piperidine rings is 1. The van der Waals surface area contributed by atoms with Crippen molar-refractivity contribution in [1.29, 1.82) is 0 Å². The Hall–Kier alpha value is -2.86. The zero-order chi connectivity index (χ0) is 61.2. The van der Waals surface area contributed by atoms with Crippen LogP contribution in [0.5, 0.6) is 0 Å². The molecule has 5 unspecified atom stereocenters. The zero-order valence-electron chi connectivity index (χ0n) is 58.5. The van der Waals surface area contributed by atoms with E-state index in [4.69, 9.17) is 0 Å². The summed E-state index contributed by atoms with van der Waals surface area (Å²) in [6.07, 6.45) is 11.7. The van der Waals surface area contributed by atoms with Gasteiger partial charge >= 0.3 is 0 Å². The fraction of sp³-hybridized carbons (Fsp3) is 0.769. The fourth-order valence-electron chi connectivity index (χ4n) is 14.2. The monoisotopic (exact) mass is 1150 g/mol. The lowest BCUT2D eigenvalue weighted by Crippen LogP contribution is -2.55. The number of aryl methyl sites for hydroxylation is 1. The van der Waals surface area contributed by atoms with Crippen LogP contribution in [0.1, 0.15) is 291 Å². The number of para-hydroxylation sites is 2. The average Bonchev–Trinajstić information content (AvgIpc) is 3.99. The Kier molecular flexibility index (Phi) is 27.3. The van der Waals surface area contributed by atoms with Gasteiger partial charge in [0.05, 0.1) is 0 Å². The lowest BCUT2D eigenvalue weighted by molar-refractivity contribution is -0.00414. The van der Waals surface area contributed by atoms with Gasteiger partial charge in [0, 0.05) is 75.8 Å². The second-order valence-corrected chi connectivity index (χ2v) is 35.6. The number of rotatable bonds is 0. The Labute approximate surface area is 520 Å². The predicted molar refractivity (Wildman–Crippen MR) is 377 cm³/mol. The van der Waals surface area contributed by atoms with Gasteiger partial charge in [-0.05, 0) is 230 Å². The van der Waals surface area contributed by atoms with Crippen molar-refractivity contribution in [3.8, 4) is 0 Å². The van der Waals surface area contributed by atoms with Gasteiger partial charge in [-0.1, -0.05) is 193 Å². The topological polar surface area (TPSA) is 16.2 Å². The van der Waals surface area contributed by atoms with Crippen LogP contribution in [-0.2, 0) is 25.8 Å². The van der Waals surface area contributed by atoms with Crippen LogP contribution in [0.4, 0.5) is 11.4 Å². The van der Waals surface area contributed by atoms with E-state index in [1.807, 2.05) is 0 Å². The molecule has 5 aliphatic rings. The molecule has 2 fully saturated rings. The molecule has 5 heteroatoms. The summed E-state index contributed by atoms with van der Waals surface area (Å²) in [5.74, 6) is 0. The molecule has 8 rings (SSSR count). The fourth-order valence-corrected chi connectivity index (χ4v) is 14.2. The van der Waals surface area contributed by atoms with E-state index in [0.717, 1.165) is 18.6 Å². The van der Waals surface area contributed by atoms with Crippen molar-refractivity contribution >= 4 is 11.4 Å². The molecule has 0 spiro atoms. The van der Waals surface area contributed by atoms with Gasteiger partial charge in [0.1, 0.15) is 0 Å². The highest BCUT2D eigenvalue weighted by Crippen LogP contribution is 2.45. The van der Waals surface area contributed by atoms with E-state index in [1.165, 1.54) is 105 Å². The Morgan fingerprint density at radius 2 is 0.614 bits per heavy atom. The zero-order valence-corrected chi connectivity index (χ0v) is 58.5. The van der Waals surface area contributed by atoms with Crippen LogP contribution in [0.2, 0.25) is 0 Å². The largest absolute Gasteiger partial charge is 0.363 e. The number of hydrogen-bond donors (Lipinski definition) is 0. The molecule has 0 radical (unpaired) electrons. The number of likely N-dealkylation sites (tertiary alicyclic amines) is 2. The molecule has 0 aliphatic carbocycles. The molecule has 2 saturated heterocycles. The van der Waals surface area contributed by atoms with Crippen LogP contribution in [0.15, 0.2) is 72.8 Å². The van der Waals surface area contributed by atoms with Crippen molar-refractivity contribution in [1.82, 2.24) is 14.7 Å². The van der Waals surface area contributed by atoms with Gasteiger partial charge in [-0.15, -0.1) is 0 Å². The van der Waals surface area contributed by atoms with Gasteiger partial charge in [0.25, 0.3) is 0 Å². The first-order valence-corrected chi connectivity index (χ1v) is 32.2. The quantitative estimate of drug-likeness (QED) is 0.222. The van der Waals surface area contributed by atoms with E-state index >= 15 is 0 Å². The Morgan fingerprint density at radius 1 is 0.289 bits per heavy atom. The molecule has 83 heavy (non-hydrogen) atoms. The third-order valence-corrected chi connectivity index (χ3v) is 18.3. The van der Waals surface area contributed by atoms with Crippen LogP contribution < -0.4 is 9.80 Å². The molecule has 0 aromatic heterocycles. The molecule has 5 nitrogen and oxygen atoms in total. The molecule has 0 saturated carbocycles. The minimum atomic E-state index is 0. The average molecular weight is 1150 g/mol. The second kappa shape index (κ2) is 29.0.